The van der Waals surface area contributed by atoms with Crippen LogP contribution in [0.4, 0.5) is 4.79 Å². The average molecular weight is 493 g/mol. The molecule has 2 saturated heterocycles. The molecule has 2 aromatic rings. The Labute approximate surface area is 213 Å². The maximum atomic E-state index is 13.7. The van der Waals surface area contributed by atoms with Gasteiger partial charge in [-0.3, -0.25) is 14.7 Å². The second-order valence-electron chi connectivity index (χ2n) is 10.8. The highest BCUT2D eigenvalue weighted by Gasteiger charge is 2.57. The molecule has 5 rings (SSSR count). The van der Waals surface area contributed by atoms with Gasteiger partial charge in [0.15, 0.2) is 11.5 Å². The van der Waals surface area contributed by atoms with Crippen molar-refractivity contribution in [2.45, 2.75) is 52.1 Å². The first-order chi connectivity index (χ1) is 17.4. The van der Waals surface area contributed by atoms with Crippen molar-refractivity contribution in [2.24, 2.45) is 11.8 Å². The predicted octanol–water partition coefficient (Wildman–Crippen LogP) is 3.94. The summed E-state index contributed by atoms with van der Waals surface area (Å²) in [6, 6.07) is 11.6. The van der Waals surface area contributed by atoms with E-state index in [4.69, 9.17) is 9.47 Å². The van der Waals surface area contributed by atoms with E-state index in [-0.39, 0.29) is 31.2 Å². The number of benzene rings is 1. The van der Waals surface area contributed by atoms with Gasteiger partial charge in [0.05, 0.1) is 12.2 Å². The molecule has 0 saturated carbocycles. The zero-order chi connectivity index (χ0) is 25.3. The molecule has 4 heterocycles. The van der Waals surface area contributed by atoms with E-state index in [0.29, 0.717) is 25.3 Å². The monoisotopic (exact) mass is 492 g/mol. The normalized spacial score (nSPS) is 20.1. The third-order valence-corrected chi connectivity index (χ3v) is 7.49. The van der Waals surface area contributed by atoms with Crippen LogP contribution >= 0.6 is 0 Å². The van der Waals surface area contributed by atoms with Crippen molar-refractivity contribution in [3.8, 4) is 11.5 Å². The number of amides is 3. The number of nitrogens with zero attached hydrogens (tertiary/aromatic N) is 4. The van der Waals surface area contributed by atoms with Gasteiger partial charge in [-0.15, -0.1) is 0 Å². The number of aromatic nitrogens is 1. The predicted molar refractivity (Wildman–Crippen MR) is 136 cm³/mol. The fraction of sp³-hybridized carbons (Fsp3) is 0.536. The number of carbonyl (C=O) groups is 2. The Kier molecular flexibility index (Phi) is 6.88. The van der Waals surface area contributed by atoms with Crippen molar-refractivity contribution in [2.75, 3.05) is 33.0 Å². The number of carbonyl (C=O) groups excluding carboxylic acids is 2. The van der Waals surface area contributed by atoms with Crippen LogP contribution in [0.15, 0.2) is 42.6 Å². The van der Waals surface area contributed by atoms with Gasteiger partial charge in [-0.05, 0) is 60.9 Å². The number of pyridine rings is 1. The number of rotatable bonds is 8. The minimum atomic E-state index is -0.743. The molecule has 8 heteroatoms. The molecule has 1 aromatic carbocycles. The van der Waals surface area contributed by atoms with E-state index in [9.17, 15) is 9.59 Å². The van der Waals surface area contributed by atoms with Gasteiger partial charge in [-0.25, -0.2) is 4.79 Å². The summed E-state index contributed by atoms with van der Waals surface area (Å²) < 4.78 is 10.9. The smallest absolute Gasteiger partial charge is 0.328 e. The van der Waals surface area contributed by atoms with Crippen molar-refractivity contribution in [3.63, 3.8) is 0 Å². The number of hydrogen-bond donors (Lipinski definition) is 0. The molecule has 0 aliphatic carbocycles. The molecule has 3 amide bonds. The van der Waals surface area contributed by atoms with Crippen LogP contribution < -0.4 is 9.47 Å². The second kappa shape index (κ2) is 10.1. The van der Waals surface area contributed by atoms with Gasteiger partial charge in [0.25, 0.3) is 5.91 Å². The highest BCUT2D eigenvalue weighted by atomic mass is 16.7. The summed E-state index contributed by atoms with van der Waals surface area (Å²) in [7, 11) is 0. The van der Waals surface area contributed by atoms with Crippen LogP contribution in [-0.2, 0) is 17.8 Å². The van der Waals surface area contributed by atoms with Gasteiger partial charge in [0, 0.05) is 32.4 Å². The number of hydrogen-bond acceptors (Lipinski definition) is 6. The molecule has 0 radical (unpaired) electrons. The summed E-state index contributed by atoms with van der Waals surface area (Å²) >= 11 is 0. The first-order valence-corrected chi connectivity index (χ1v) is 13.0. The van der Waals surface area contributed by atoms with Crippen LogP contribution in [0.25, 0.3) is 0 Å². The Balaban J connectivity index is 1.23. The molecule has 3 aliphatic heterocycles. The van der Waals surface area contributed by atoms with Gasteiger partial charge in [-0.2, -0.15) is 0 Å². The van der Waals surface area contributed by atoms with E-state index >= 15 is 0 Å². The van der Waals surface area contributed by atoms with Crippen LogP contribution in [0.1, 0.15) is 44.9 Å². The van der Waals surface area contributed by atoms with E-state index in [1.807, 2.05) is 29.2 Å². The Morgan fingerprint density at radius 1 is 1.00 bits per heavy atom. The van der Waals surface area contributed by atoms with Crippen molar-refractivity contribution in [1.29, 1.82) is 0 Å². The molecule has 2 fully saturated rings. The molecule has 1 atom stereocenters. The largest absolute Gasteiger partial charge is 0.454 e. The van der Waals surface area contributed by atoms with Crippen molar-refractivity contribution < 1.29 is 19.1 Å². The maximum absolute atomic E-state index is 13.7. The molecule has 0 N–H and O–H groups in total. The molecule has 1 aromatic heterocycles. The Morgan fingerprint density at radius 2 is 1.78 bits per heavy atom. The standard InChI is InChI=1S/C28H36N4O4/c1-20(2)16-32-27(34)31(18-23-6-4-5-11-29-23)26(33)28(32)9-12-30(13-10-28)17-21(3)14-22-7-8-24-25(15-22)36-19-35-24/h4-8,11,15,20-21H,9-10,12-14,16-19H2,1-3H3/t21-/m0/s1. The van der Waals surface area contributed by atoms with E-state index in [2.05, 4.69) is 42.8 Å². The van der Waals surface area contributed by atoms with Crippen molar-refractivity contribution >= 4 is 11.9 Å². The SMILES string of the molecule is CC(C)CN1C(=O)N(Cc2ccccn2)C(=O)C12CCN(C[C@@H](C)Cc1ccc3c(c1)OCO3)CC2. The number of ether oxygens (including phenoxy) is 2. The van der Waals surface area contributed by atoms with Crippen LogP contribution in [0.2, 0.25) is 0 Å². The van der Waals surface area contributed by atoms with Gasteiger partial charge in [0.2, 0.25) is 6.79 Å². The summed E-state index contributed by atoms with van der Waals surface area (Å²) in [5.74, 6) is 2.31. The first-order valence-electron chi connectivity index (χ1n) is 13.0. The Morgan fingerprint density at radius 3 is 2.50 bits per heavy atom. The molecule has 8 nitrogen and oxygen atoms in total. The molecule has 36 heavy (non-hydrogen) atoms. The summed E-state index contributed by atoms with van der Waals surface area (Å²) in [6.07, 6.45) is 3.98. The lowest BCUT2D eigenvalue weighted by molar-refractivity contribution is -0.136. The zero-order valence-electron chi connectivity index (χ0n) is 21.5. The van der Waals surface area contributed by atoms with Crippen LogP contribution in [0, 0.1) is 11.8 Å². The lowest BCUT2D eigenvalue weighted by Gasteiger charge is -2.43. The lowest BCUT2D eigenvalue weighted by Crippen LogP contribution is -2.57. The first kappa shape index (κ1) is 24.6. The number of urea groups is 1. The fourth-order valence-electron chi connectivity index (χ4n) is 5.76. The fourth-order valence-corrected chi connectivity index (χ4v) is 5.76. The molecule has 192 valence electrons. The Bertz CT molecular complexity index is 1100. The van der Waals surface area contributed by atoms with E-state index < -0.39 is 5.54 Å². The molecule has 3 aliphatic rings. The summed E-state index contributed by atoms with van der Waals surface area (Å²) in [4.78, 5) is 37.2. The average Bonchev–Trinajstić information content (AvgIpc) is 3.40. The number of imide groups is 1. The molecular weight excluding hydrogens is 456 g/mol. The summed E-state index contributed by atoms with van der Waals surface area (Å²) in [6.45, 7) is 10.1. The van der Waals surface area contributed by atoms with Crippen LogP contribution in [0.3, 0.4) is 0 Å². The van der Waals surface area contributed by atoms with E-state index in [1.54, 1.807) is 6.20 Å². The lowest BCUT2D eigenvalue weighted by atomic mass is 9.84. The molecule has 0 unspecified atom stereocenters. The van der Waals surface area contributed by atoms with Gasteiger partial charge >= 0.3 is 6.03 Å². The van der Waals surface area contributed by atoms with Crippen molar-refractivity contribution in [1.82, 2.24) is 19.7 Å². The highest BCUT2D eigenvalue weighted by Crippen LogP contribution is 2.39. The van der Waals surface area contributed by atoms with Gasteiger partial charge in [-0.1, -0.05) is 32.9 Å². The third-order valence-electron chi connectivity index (χ3n) is 7.49. The van der Waals surface area contributed by atoms with Crippen molar-refractivity contribution in [3.05, 3.63) is 53.9 Å². The highest BCUT2D eigenvalue weighted by molar-refractivity contribution is 6.07. The zero-order valence-corrected chi connectivity index (χ0v) is 21.5. The van der Waals surface area contributed by atoms with Gasteiger partial charge in [0.1, 0.15) is 5.54 Å². The maximum Gasteiger partial charge on any atom is 0.328 e. The van der Waals surface area contributed by atoms with Crippen LogP contribution in [-0.4, -0.2) is 70.1 Å². The number of piperidine rings is 1. The quantitative estimate of drug-likeness (QED) is 0.520. The minimum absolute atomic E-state index is 0.0631. The second-order valence-corrected chi connectivity index (χ2v) is 10.8. The number of likely N-dealkylation sites (tertiary alicyclic amines) is 1. The Hall–Kier alpha value is -3.13. The number of fused-ring (bicyclic) bond motifs is 1. The molecular formula is C28H36N4O4. The topological polar surface area (TPSA) is 75.2 Å². The third kappa shape index (κ3) is 4.78. The van der Waals surface area contributed by atoms with E-state index in [1.165, 1.54) is 10.5 Å². The molecule has 0 bridgehead atoms. The van der Waals surface area contributed by atoms with Gasteiger partial charge < -0.3 is 19.3 Å². The minimum Gasteiger partial charge on any atom is -0.454 e. The van der Waals surface area contributed by atoms with Crippen LogP contribution in [0.5, 0.6) is 11.5 Å². The summed E-state index contributed by atoms with van der Waals surface area (Å²) in [5.41, 5.74) is 1.23. The van der Waals surface area contributed by atoms with E-state index in [0.717, 1.165) is 43.2 Å². The summed E-state index contributed by atoms with van der Waals surface area (Å²) in [5, 5.41) is 0. The molecule has 1 spiro atoms.